The molecule has 144 valence electrons. The van der Waals surface area contributed by atoms with E-state index in [-0.39, 0.29) is 71.6 Å². The summed E-state index contributed by atoms with van der Waals surface area (Å²) in [5.41, 5.74) is 1.49. The molecule has 0 spiro atoms. The van der Waals surface area contributed by atoms with Crippen LogP contribution in [0.2, 0.25) is 0 Å². The molecule has 4 nitrogen and oxygen atoms in total. The second-order valence-corrected chi connectivity index (χ2v) is 5.18. The number of carbonyl (C=O) groups is 2. The number of amides is 2. The maximum Gasteiger partial charge on any atom is 4.00 e. The number of benzene rings is 2. The predicted molar refractivity (Wildman–Crippen MR) is 98.8 cm³/mol. The Kier molecular flexibility index (Phi) is 22.9. The van der Waals surface area contributed by atoms with Crippen LogP contribution in [-0.4, -0.2) is 11.8 Å². The van der Waals surface area contributed by atoms with Crippen molar-refractivity contribution in [2.45, 2.75) is 39.5 Å². The van der Waals surface area contributed by atoms with Crippen LogP contribution >= 0.6 is 0 Å². The molecule has 0 aliphatic rings. The zero-order valence-electron chi connectivity index (χ0n) is 15.6. The Morgan fingerprint density at radius 2 is 0.963 bits per heavy atom. The van der Waals surface area contributed by atoms with Crippen LogP contribution in [0.25, 0.3) is 10.6 Å². The van der Waals surface area contributed by atoms with Crippen LogP contribution in [0.1, 0.15) is 39.5 Å². The average Bonchev–Trinajstić information content (AvgIpc) is 2.58. The first-order chi connectivity index (χ1) is 11.7. The zero-order chi connectivity index (χ0) is 17.6. The summed E-state index contributed by atoms with van der Waals surface area (Å²) < 4.78 is 0. The zero-order valence-corrected chi connectivity index (χ0v) is 22.3. The summed E-state index contributed by atoms with van der Waals surface area (Å²) in [6.45, 7) is 3.94. The molecule has 0 unspecified atom stereocenters. The van der Waals surface area contributed by atoms with Gasteiger partial charge in [-0.25, -0.2) is 0 Å². The normalized spacial score (nSPS) is 8.37. The van der Waals surface area contributed by atoms with E-state index in [0.717, 1.165) is 24.2 Å². The Labute approximate surface area is 202 Å². The average molecular weight is 663 g/mol. The maximum atomic E-state index is 11.0. The molecule has 2 amide bonds. The van der Waals surface area contributed by atoms with Gasteiger partial charge in [-0.05, 0) is 12.8 Å². The van der Waals surface area contributed by atoms with Crippen LogP contribution in [0, 0.1) is 0 Å². The molecule has 7 heteroatoms. The van der Waals surface area contributed by atoms with E-state index in [0.29, 0.717) is 12.8 Å². The summed E-state index contributed by atoms with van der Waals surface area (Å²) in [6, 6.07) is 18.6. The number of nitrogens with zero attached hydrogens (tertiary/aromatic N) is 2. The summed E-state index contributed by atoms with van der Waals surface area (Å²) in [5, 5.41) is 7.82. The van der Waals surface area contributed by atoms with Crippen molar-refractivity contribution in [1.29, 1.82) is 0 Å². The molecule has 0 saturated heterocycles. The van der Waals surface area contributed by atoms with Gasteiger partial charge in [0.15, 0.2) is 0 Å². The van der Waals surface area contributed by atoms with E-state index in [1.807, 2.05) is 74.5 Å². The van der Waals surface area contributed by atoms with Crippen molar-refractivity contribution in [3.63, 3.8) is 0 Å². The minimum absolute atomic E-state index is 0. The summed E-state index contributed by atoms with van der Waals surface area (Å²) >= 11 is 0. The summed E-state index contributed by atoms with van der Waals surface area (Å²) in [7, 11) is 0. The largest absolute Gasteiger partial charge is 4.00 e. The number of hydrogen-bond donors (Lipinski definition) is 0. The molecule has 0 bridgehead atoms. The van der Waals surface area contributed by atoms with E-state index in [1.165, 1.54) is 0 Å². The van der Waals surface area contributed by atoms with Gasteiger partial charge in [0.25, 0.3) is 0 Å². The molecular formula is C20H24Br2HfN2O2. The van der Waals surface area contributed by atoms with E-state index in [9.17, 15) is 9.59 Å². The molecule has 0 fully saturated rings. The van der Waals surface area contributed by atoms with Crippen molar-refractivity contribution in [2.75, 3.05) is 0 Å². The van der Waals surface area contributed by atoms with Crippen LogP contribution in [0.4, 0.5) is 11.4 Å². The third-order valence-electron chi connectivity index (χ3n) is 2.95. The molecular weight excluding hydrogens is 639 g/mol. The summed E-state index contributed by atoms with van der Waals surface area (Å²) in [6.07, 6.45) is 2.79. The quantitative estimate of drug-likeness (QED) is 0.411. The molecule has 27 heavy (non-hydrogen) atoms. The van der Waals surface area contributed by atoms with Crippen LogP contribution in [0.15, 0.2) is 60.7 Å². The minimum atomic E-state index is -0.0382. The first kappa shape index (κ1) is 30.9. The molecule has 2 aromatic rings. The number of halogens is 2. The van der Waals surface area contributed by atoms with Crippen molar-refractivity contribution >= 4 is 23.2 Å². The third kappa shape index (κ3) is 15.9. The Bertz CT molecular complexity index is 558. The van der Waals surface area contributed by atoms with Crippen molar-refractivity contribution in [2.24, 2.45) is 0 Å². The molecule has 0 heterocycles. The van der Waals surface area contributed by atoms with Crippen molar-refractivity contribution < 1.29 is 69.4 Å². The van der Waals surface area contributed by atoms with Crippen LogP contribution in [0.3, 0.4) is 0 Å². The molecule has 2 aromatic carbocycles. The van der Waals surface area contributed by atoms with Gasteiger partial charge in [-0.2, -0.15) is 0 Å². The smallest absolute Gasteiger partial charge is 1.00 e. The van der Waals surface area contributed by atoms with Crippen molar-refractivity contribution in [3.05, 3.63) is 71.3 Å². The fourth-order valence-electron chi connectivity index (χ4n) is 1.83. The molecule has 0 radical (unpaired) electrons. The SMILES string of the molecule is CCCC(=O)[N-]c1ccccc1.CCCC(=O)[N-]c1ccccc1.[Br-].[Br-].[Hf+4]. The van der Waals surface area contributed by atoms with Gasteiger partial charge in [0.1, 0.15) is 0 Å². The number of para-hydroxylation sites is 2. The second kappa shape index (κ2) is 20.0. The van der Waals surface area contributed by atoms with E-state index in [2.05, 4.69) is 10.6 Å². The van der Waals surface area contributed by atoms with Gasteiger partial charge >= 0.3 is 25.8 Å². The molecule has 0 atom stereocenters. The Morgan fingerprint density at radius 3 is 1.22 bits per heavy atom. The van der Waals surface area contributed by atoms with Gasteiger partial charge < -0.3 is 54.2 Å². The molecule has 0 aromatic heterocycles. The fourth-order valence-corrected chi connectivity index (χ4v) is 1.83. The van der Waals surface area contributed by atoms with Crippen molar-refractivity contribution in [1.82, 2.24) is 0 Å². The molecule has 0 aliphatic carbocycles. The predicted octanol–water partition coefficient (Wildman–Crippen LogP) is 0.0425. The van der Waals surface area contributed by atoms with E-state index < -0.39 is 0 Å². The molecule has 0 aliphatic heterocycles. The minimum Gasteiger partial charge on any atom is -1.00 e. The molecule has 0 saturated carbocycles. The van der Waals surface area contributed by atoms with Crippen molar-refractivity contribution in [3.8, 4) is 0 Å². The number of hydrogen-bond acceptors (Lipinski definition) is 2. The van der Waals surface area contributed by atoms with Gasteiger partial charge in [0.2, 0.25) is 0 Å². The molecule has 0 N–H and O–H groups in total. The van der Waals surface area contributed by atoms with Gasteiger partial charge in [0.05, 0.1) is 11.8 Å². The fraction of sp³-hybridized carbons (Fsp3) is 0.300. The van der Waals surface area contributed by atoms with Crippen LogP contribution < -0.4 is 34.0 Å². The van der Waals surface area contributed by atoms with E-state index >= 15 is 0 Å². The van der Waals surface area contributed by atoms with Gasteiger partial charge in [-0.15, -0.1) is 11.4 Å². The second-order valence-electron chi connectivity index (χ2n) is 5.18. The third-order valence-corrected chi connectivity index (χ3v) is 2.95. The van der Waals surface area contributed by atoms with Crippen LogP contribution in [0.5, 0.6) is 0 Å². The molecule has 2 rings (SSSR count). The van der Waals surface area contributed by atoms with Gasteiger partial charge in [-0.1, -0.05) is 87.4 Å². The Hall–Kier alpha value is -0.790. The summed E-state index contributed by atoms with van der Waals surface area (Å²) in [5.74, 6) is -0.0765. The van der Waals surface area contributed by atoms with E-state index in [1.54, 1.807) is 0 Å². The Morgan fingerprint density at radius 1 is 0.667 bits per heavy atom. The van der Waals surface area contributed by atoms with Gasteiger partial charge in [-0.3, -0.25) is 0 Å². The number of rotatable bonds is 6. The van der Waals surface area contributed by atoms with E-state index in [4.69, 9.17) is 0 Å². The maximum absolute atomic E-state index is 11.0. The van der Waals surface area contributed by atoms with Gasteiger partial charge in [0, 0.05) is 0 Å². The standard InChI is InChI=1S/2C10H13NO.2BrH.Hf/c2*1-2-6-10(12)11-9-7-4-3-5-8-9;;;/h2*3-5,7-8H,2,6H2,1H3,(H,11,12);2*1H;/q;;;;+4/p-4. The first-order valence-electron chi connectivity index (χ1n) is 8.25. The summed E-state index contributed by atoms with van der Waals surface area (Å²) in [4.78, 5) is 22.1. The number of carbonyl (C=O) groups excluding carboxylic acids is 2. The topological polar surface area (TPSA) is 62.3 Å². The monoisotopic (exact) mass is 662 g/mol. The first-order valence-corrected chi connectivity index (χ1v) is 8.25. The Balaban J connectivity index is -0.000000384. The van der Waals surface area contributed by atoms with Crippen LogP contribution in [-0.2, 0) is 35.4 Å².